The second-order valence-electron chi connectivity index (χ2n) is 4.81. The van der Waals surface area contributed by atoms with Crippen molar-refractivity contribution in [2.24, 2.45) is 0 Å². The van der Waals surface area contributed by atoms with Gasteiger partial charge in [-0.2, -0.15) is 5.10 Å². The Bertz CT molecular complexity index is 758. The van der Waals surface area contributed by atoms with Crippen LogP contribution in [-0.4, -0.2) is 22.3 Å². The number of nitrogens with zero attached hydrogens (tertiary/aromatic N) is 2. The molecule has 122 valence electrons. The molecule has 1 heterocycles. The number of aryl methyl sites for hydroxylation is 1. The highest BCUT2D eigenvalue weighted by atomic mass is 19.1. The minimum absolute atomic E-state index is 0.102. The summed E-state index contributed by atoms with van der Waals surface area (Å²) in [6, 6.07) is 6.49. The maximum absolute atomic E-state index is 13.3. The molecule has 0 spiro atoms. The lowest BCUT2D eigenvalue weighted by Crippen LogP contribution is -2.26. The van der Waals surface area contributed by atoms with E-state index in [0.29, 0.717) is 18.8 Å². The van der Waals surface area contributed by atoms with Gasteiger partial charge in [0.15, 0.2) is 0 Å². The van der Waals surface area contributed by atoms with Gasteiger partial charge in [0.25, 0.3) is 11.5 Å². The molecular weight excluding hydrogens is 301 g/mol. The molecule has 7 heteroatoms. The van der Waals surface area contributed by atoms with E-state index in [4.69, 9.17) is 4.74 Å². The van der Waals surface area contributed by atoms with E-state index in [1.165, 1.54) is 35.0 Å². The zero-order chi connectivity index (χ0) is 16.8. The molecule has 0 unspecified atom stereocenters. The molecule has 2 aromatic rings. The SMILES string of the molecule is CCCn1nc(C(=O)Nc2ccc(F)cc2OCC)ccc1=O. The largest absolute Gasteiger partial charge is 0.492 e. The van der Waals surface area contributed by atoms with Crippen molar-refractivity contribution in [1.29, 1.82) is 0 Å². The van der Waals surface area contributed by atoms with Gasteiger partial charge in [-0.05, 0) is 31.5 Å². The Morgan fingerprint density at radius 1 is 1.30 bits per heavy atom. The van der Waals surface area contributed by atoms with Crippen molar-refractivity contribution in [1.82, 2.24) is 9.78 Å². The summed E-state index contributed by atoms with van der Waals surface area (Å²) in [6.45, 7) is 4.44. The van der Waals surface area contributed by atoms with Crippen LogP contribution in [0.3, 0.4) is 0 Å². The van der Waals surface area contributed by atoms with E-state index in [-0.39, 0.29) is 17.0 Å². The number of amides is 1. The van der Waals surface area contributed by atoms with E-state index < -0.39 is 11.7 Å². The van der Waals surface area contributed by atoms with E-state index in [1.54, 1.807) is 6.92 Å². The topological polar surface area (TPSA) is 73.2 Å². The highest BCUT2D eigenvalue weighted by molar-refractivity contribution is 6.03. The second-order valence-corrected chi connectivity index (χ2v) is 4.81. The molecule has 1 N–H and O–H groups in total. The van der Waals surface area contributed by atoms with Crippen molar-refractivity contribution in [2.45, 2.75) is 26.8 Å². The zero-order valence-corrected chi connectivity index (χ0v) is 13.0. The monoisotopic (exact) mass is 319 g/mol. The van der Waals surface area contributed by atoms with E-state index in [9.17, 15) is 14.0 Å². The summed E-state index contributed by atoms with van der Waals surface area (Å²) in [5, 5.41) is 6.65. The smallest absolute Gasteiger partial charge is 0.276 e. The number of aromatic nitrogens is 2. The number of nitrogens with one attached hydrogen (secondary N) is 1. The first-order valence-corrected chi connectivity index (χ1v) is 7.37. The molecule has 0 saturated carbocycles. The van der Waals surface area contributed by atoms with Crippen LogP contribution in [0.15, 0.2) is 35.1 Å². The Balaban J connectivity index is 2.25. The molecule has 23 heavy (non-hydrogen) atoms. The van der Waals surface area contributed by atoms with Crippen LogP contribution in [0.2, 0.25) is 0 Å². The van der Waals surface area contributed by atoms with Crippen LogP contribution >= 0.6 is 0 Å². The Morgan fingerprint density at radius 3 is 2.78 bits per heavy atom. The molecule has 0 saturated heterocycles. The maximum Gasteiger partial charge on any atom is 0.276 e. The number of carbonyl (C=O) groups excluding carboxylic acids is 1. The number of benzene rings is 1. The molecule has 0 aliphatic carbocycles. The summed E-state index contributed by atoms with van der Waals surface area (Å²) in [4.78, 5) is 23.9. The average molecular weight is 319 g/mol. The van der Waals surface area contributed by atoms with Gasteiger partial charge in [-0.1, -0.05) is 6.92 Å². The third-order valence-corrected chi connectivity index (χ3v) is 3.03. The van der Waals surface area contributed by atoms with E-state index >= 15 is 0 Å². The Morgan fingerprint density at radius 2 is 2.09 bits per heavy atom. The second kappa shape index (κ2) is 7.53. The van der Waals surface area contributed by atoms with Crippen LogP contribution in [0, 0.1) is 5.82 Å². The van der Waals surface area contributed by atoms with Crippen LogP contribution in [0.4, 0.5) is 10.1 Å². The van der Waals surface area contributed by atoms with Gasteiger partial charge < -0.3 is 10.1 Å². The molecule has 0 radical (unpaired) electrons. The molecule has 0 atom stereocenters. The van der Waals surface area contributed by atoms with Crippen molar-refractivity contribution >= 4 is 11.6 Å². The predicted molar refractivity (Wildman–Crippen MR) is 84.3 cm³/mol. The number of rotatable bonds is 6. The van der Waals surface area contributed by atoms with Gasteiger partial charge in [0.05, 0.1) is 12.3 Å². The molecule has 0 aliphatic heterocycles. The third-order valence-electron chi connectivity index (χ3n) is 3.03. The molecular formula is C16H18FN3O3. The summed E-state index contributed by atoms with van der Waals surface area (Å²) in [7, 11) is 0. The summed E-state index contributed by atoms with van der Waals surface area (Å²) in [6.07, 6.45) is 0.727. The van der Waals surface area contributed by atoms with Gasteiger partial charge in [0.2, 0.25) is 0 Å². The van der Waals surface area contributed by atoms with Gasteiger partial charge >= 0.3 is 0 Å². The van der Waals surface area contributed by atoms with E-state index in [1.807, 2.05) is 6.92 Å². The Hall–Kier alpha value is -2.70. The molecule has 0 bridgehead atoms. The quantitative estimate of drug-likeness (QED) is 0.887. The highest BCUT2D eigenvalue weighted by Crippen LogP contribution is 2.25. The Kier molecular flexibility index (Phi) is 5.46. The first-order valence-electron chi connectivity index (χ1n) is 7.37. The first kappa shape index (κ1) is 16.7. The Labute approximate surface area is 132 Å². The van der Waals surface area contributed by atoms with E-state index in [0.717, 1.165) is 6.42 Å². The van der Waals surface area contributed by atoms with Crippen LogP contribution in [0.1, 0.15) is 30.8 Å². The maximum atomic E-state index is 13.3. The number of anilines is 1. The molecule has 6 nitrogen and oxygen atoms in total. The van der Waals surface area contributed by atoms with Crippen molar-refractivity contribution in [3.8, 4) is 5.75 Å². The molecule has 1 aromatic carbocycles. The highest BCUT2D eigenvalue weighted by Gasteiger charge is 2.13. The summed E-state index contributed by atoms with van der Waals surface area (Å²) in [5.74, 6) is -0.716. The van der Waals surface area contributed by atoms with Crippen molar-refractivity contribution < 1.29 is 13.9 Å². The lowest BCUT2D eigenvalue weighted by Gasteiger charge is -2.11. The minimum Gasteiger partial charge on any atom is -0.492 e. The number of carbonyl (C=O) groups is 1. The zero-order valence-electron chi connectivity index (χ0n) is 13.0. The van der Waals surface area contributed by atoms with Crippen LogP contribution in [0.5, 0.6) is 5.75 Å². The summed E-state index contributed by atoms with van der Waals surface area (Å²) >= 11 is 0. The van der Waals surface area contributed by atoms with Crippen molar-refractivity contribution in [3.63, 3.8) is 0 Å². The minimum atomic E-state index is -0.498. The molecule has 0 fully saturated rings. The van der Waals surface area contributed by atoms with Gasteiger partial charge in [-0.25, -0.2) is 9.07 Å². The number of hydrogen-bond acceptors (Lipinski definition) is 4. The molecule has 0 aliphatic rings. The van der Waals surface area contributed by atoms with Crippen molar-refractivity contribution in [2.75, 3.05) is 11.9 Å². The molecule has 1 amide bonds. The summed E-state index contributed by atoms with van der Waals surface area (Å²) < 4.78 is 19.8. The standard InChI is InChI=1S/C16H18FN3O3/c1-3-9-20-15(21)8-7-13(19-20)16(22)18-12-6-5-11(17)10-14(12)23-4-2/h5-8,10H,3-4,9H2,1-2H3,(H,18,22). The van der Waals surface area contributed by atoms with Crippen LogP contribution < -0.4 is 15.6 Å². The van der Waals surface area contributed by atoms with E-state index in [2.05, 4.69) is 10.4 Å². The predicted octanol–water partition coefficient (Wildman–Crippen LogP) is 2.44. The molecule has 1 aromatic heterocycles. The van der Waals surface area contributed by atoms with Gasteiger partial charge in [-0.15, -0.1) is 0 Å². The number of ether oxygens (including phenoxy) is 1. The van der Waals surface area contributed by atoms with Crippen LogP contribution in [-0.2, 0) is 6.54 Å². The number of hydrogen-bond donors (Lipinski definition) is 1. The van der Waals surface area contributed by atoms with Crippen molar-refractivity contribution in [3.05, 3.63) is 52.2 Å². The fourth-order valence-electron chi connectivity index (χ4n) is 2.00. The van der Waals surface area contributed by atoms with Gasteiger partial charge in [0.1, 0.15) is 17.3 Å². The normalized spacial score (nSPS) is 10.4. The van der Waals surface area contributed by atoms with Crippen LogP contribution in [0.25, 0.3) is 0 Å². The lowest BCUT2D eigenvalue weighted by atomic mass is 10.2. The van der Waals surface area contributed by atoms with Gasteiger partial charge in [0, 0.05) is 18.7 Å². The molecule has 2 rings (SSSR count). The van der Waals surface area contributed by atoms with Gasteiger partial charge in [-0.3, -0.25) is 9.59 Å². The summed E-state index contributed by atoms with van der Waals surface area (Å²) in [5.41, 5.74) is 0.179. The lowest BCUT2D eigenvalue weighted by molar-refractivity contribution is 0.101. The third kappa shape index (κ3) is 4.15. The number of halogens is 1. The first-order chi connectivity index (χ1) is 11.0. The average Bonchev–Trinajstić information content (AvgIpc) is 2.52. The fourth-order valence-corrected chi connectivity index (χ4v) is 2.00. The fraction of sp³-hybridized carbons (Fsp3) is 0.312.